The smallest absolute Gasteiger partial charge is 0.275 e. The fourth-order valence-electron chi connectivity index (χ4n) is 2.44. The summed E-state index contributed by atoms with van der Waals surface area (Å²) in [4.78, 5) is 16.7. The van der Waals surface area contributed by atoms with Crippen LogP contribution in [0.25, 0.3) is 0 Å². The van der Waals surface area contributed by atoms with E-state index in [0.717, 1.165) is 36.4 Å². The highest BCUT2D eigenvalue weighted by atomic mass is 32.1. The number of amides is 1. The number of unbranched alkanes of at least 4 members (excludes halogenated alkanes) is 1. The highest BCUT2D eigenvalue weighted by Gasteiger charge is 2.15. The Kier molecular flexibility index (Phi) is 6.94. The Morgan fingerprint density at radius 3 is 2.62 bits per heavy atom. The minimum absolute atomic E-state index is 0.0775. The number of nitrogens with two attached hydrogens (primary N) is 1. The van der Waals surface area contributed by atoms with Crippen molar-refractivity contribution in [1.82, 2.24) is 4.98 Å². The Morgan fingerprint density at radius 1 is 1.29 bits per heavy atom. The third-order valence-corrected chi connectivity index (χ3v) is 5.27. The van der Waals surface area contributed by atoms with Gasteiger partial charge in [0.1, 0.15) is 10.7 Å². The lowest BCUT2D eigenvalue weighted by Gasteiger charge is -2.10. The maximum Gasteiger partial charge on any atom is 0.275 e. The molecule has 1 heterocycles. The Bertz CT molecular complexity index is 651. The van der Waals surface area contributed by atoms with E-state index in [0.29, 0.717) is 11.6 Å². The molecule has 2 rings (SSSR count). The largest absolute Gasteiger partial charge is 0.322 e. The second kappa shape index (κ2) is 8.94. The van der Waals surface area contributed by atoms with Gasteiger partial charge in [-0.25, -0.2) is 4.98 Å². The van der Waals surface area contributed by atoms with Crippen LogP contribution in [0.5, 0.6) is 0 Å². The highest BCUT2D eigenvalue weighted by Crippen LogP contribution is 2.23. The number of thiazole rings is 1. The molecule has 2 unspecified atom stereocenters. The van der Waals surface area contributed by atoms with E-state index in [1.807, 2.05) is 12.1 Å². The molecule has 1 aromatic heterocycles. The molecule has 130 valence electrons. The van der Waals surface area contributed by atoms with Crippen molar-refractivity contribution >= 4 is 22.9 Å². The zero-order valence-electron chi connectivity index (χ0n) is 14.7. The lowest BCUT2D eigenvalue weighted by atomic mass is 9.99. The molecule has 0 radical (unpaired) electrons. The van der Waals surface area contributed by atoms with Crippen molar-refractivity contribution in [1.29, 1.82) is 0 Å². The summed E-state index contributed by atoms with van der Waals surface area (Å²) < 4.78 is 0. The summed E-state index contributed by atoms with van der Waals surface area (Å²) in [6.45, 7) is 6.51. The van der Waals surface area contributed by atoms with Crippen LogP contribution >= 0.6 is 11.3 Å². The van der Waals surface area contributed by atoms with Crippen molar-refractivity contribution in [2.24, 2.45) is 5.73 Å². The number of aromatic nitrogens is 1. The number of anilines is 1. The number of nitrogens with zero attached hydrogens (tertiary/aromatic N) is 1. The topological polar surface area (TPSA) is 68.0 Å². The van der Waals surface area contributed by atoms with Crippen molar-refractivity contribution < 1.29 is 4.79 Å². The lowest BCUT2D eigenvalue weighted by molar-refractivity contribution is 0.102. The van der Waals surface area contributed by atoms with Gasteiger partial charge in [0.05, 0.1) is 6.04 Å². The number of hydrogen-bond donors (Lipinski definition) is 2. The minimum atomic E-state index is -0.184. The molecule has 24 heavy (non-hydrogen) atoms. The second-order valence-corrected chi connectivity index (χ2v) is 7.09. The Hall–Kier alpha value is -1.72. The van der Waals surface area contributed by atoms with Gasteiger partial charge in [-0.2, -0.15) is 0 Å². The molecule has 0 saturated carbocycles. The van der Waals surface area contributed by atoms with E-state index in [9.17, 15) is 4.79 Å². The summed E-state index contributed by atoms with van der Waals surface area (Å²) in [5.41, 5.74) is 8.63. The van der Waals surface area contributed by atoms with E-state index in [-0.39, 0.29) is 11.9 Å². The van der Waals surface area contributed by atoms with Crippen LogP contribution in [0.4, 0.5) is 5.69 Å². The molecule has 0 aliphatic rings. The van der Waals surface area contributed by atoms with Crippen LogP contribution < -0.4 is 11.1 Å². The SMILES string of the molecule is CCCCC(N)c1nc(C(=O)Nc2ccc(C(C)CC)cc2)cs1. The molecular formula is C19H27N3OS. The van der Waals surface area contributed by atoms with E-state index in [1.165, 1.54) is 16.9 Å². The zero-order chi connectivity index (χ0) is 17.5. The molecule has 1 amide bonds. The van der Waals surface area contributed by atoms with E-state index in [2.05, 4.69) is 43.2 Å². The summed E-state index contributed by atoms with van der Waals surface area (Å²) in [5, 5.41) is 5.52. The van der Waals surface area contributed by atoms with Crippen LogP contribution in [0.2, 0.25) is 0 Å². The minimum Gasteiger partial charge on any atom is -0.322 e. The van der Waals surface area contributed by atoms with E-state index in [1.54, 1.807) is 5.38 Å². The molecule has 0 fully saturated rings. The number of hydrogen-bond acceptors (Lipinski definition) is 4. The molecule has 1 aromatic carbocycles. The second-order valence-electron chi connectivity index (χ2n) is 6.21. The van der Waals surface area contributed by atoms with Gasteiger partial charge in [0.25, 0.3) is 5.91 Å². The maximum absolute atomic E-state index is 12.3. The quantitative estimate of drug-likeness (QED) is 0.699. The standard InChI is InChI=1S/C19H27N3OS/c1-4-6-7-16(20)19-22-17(12-24-19)18(23)21-15-10-8-14(9-11-15)13(3)5-2/h8-13,16H,4-7,20H2,1-3H3,(H,21,23). The third-order valence-electron chi connectivity index (χ3n) is 4.29. The Morgan fingerprint density at radius 2 is 2.00 bits per heavy atom. The van der Waals surface area contributed by atoms with Gasteiger partial charge in [0.2, 0.25) is 0 Å². The van der Waals surface area contributed by atoms with Gasteiger partial charge in [0.15, 0.2) is 0 Å². The molecule has 0 aliphatic carbocycles. The molecule has 5 heteroatoms. The van der Waals surface area contributed by atoms with Crippen LogP contribution in [0.1, 0.15) is 79.5 Å². The van der Waals surface area contributed by atoms with E-state index in [4.69, 9.17) is 5.73 Å². The van der Waals surface area contributed by atoms with Crippen molar-refractivity contribution in [2.75, 3.05) is 5.32 Å². The number of rotatable bonds is 8. The maximum atomic E-state index is 12.3. The van der Waals surface area contributed by atoms with Crippen molar-refractivity contribution in [3.05, 3.63) is 45.9 Å². The first-order valence-corrected chi connectivity index (χ1v) is 9.55. The number of carbonyl (C=O) groups is 1. The van der Waals surface area contributed by atoms with Crippen LogP contribution in [0.15, 0.2) is 29.6 Å². The summed E-state index contributed by atoms with van der Waals surface area (Å²) in [6, 6.07) is 7.94. The number of carbonyl (C=O) groups excluding carboxylic acids is 1. The fraction of sp³-hybridized carbons (Fsp3) is 0.474. The van der Waals surface area contributed by atoms with Crippen LogP contribution in [0.3, 0.4) is 0 Å². The number of nitrogens with one attached hydrogen (secondary N) is 1. The van der Waals surface area contributed by atoms with Gasteiger partial charge >= 0.3 is 0 Å². The summed E-state index contributed by atoms with van der Waals surface area (Å²) >= 11 is 1.46. The molecule has 2 aromatic rings. The van der Waals surface area contributed by atoms with Gasteiger partial charge in [0, 0.05) is 11.1 Å². The molecule has 0 aliphatic heterocycles. The first-order valence-electron chi connectivity index (χ1n) is 8.67. The van der Waals surface area contributed by atoms with Gasteiger partial charge in [-0.05, 0) is 36.5 Å². The Labute approximate surface area is 148 Å². The van der Waals surface area contributed by atoms with Crippen LogP contribution in [-0.4, -0.2) is 10.9 Å². The first kappa shape index (κ1) is 18.6. The molecule has 4 nitrogen and oxygen atoms in total. The van der Waals surface area contributed by atoms with E-state index < -0.39 is 0 Å². The average Bonchev–Trinajstić information content (AvgIpc) is 3.10. The zero-order valence-corrected chi connectivity index (χ0v) is 15.5. The Balaban J connectivity index is 1.98. The average molecular weight is 346 g/mol. The molecule has 3 N–H and O–H groups in total. The van der Waals surface area contributed by atoms with Crippen LogP contribution in [-0.2, 0) is 0 Å². The van der Waals surface area contributed by atoms with Crippen LogP contribution in [0, 0.1) is 0 Å². The predicted octanol–water partition coefficient (Wildman–Crippen LogP) is 5.10. The molecule has 0 bridgehead atoms. The third kappa shape index (κ3) is 4.89. The van der Waals surface area contributed by atoms with Crippen molar-refractivity contribution in [2.45, 2.75) is 58.4 Å². The van der Waals surface area contributed by atoms with Crippen molar-refractivity contribution in [3.8, 4) is 0 Å². The fourth-order valence-corrected chi connectivity index (χ4v) is 3.27. The summed E-state index contributed by atoms with van der Waals surface area (Å²) in [6.07, 6.45) is 4.19. The molecule has 0 spiro atoms. The van der Waals surface area contributed by atoms with Gasteiger partial charge in [-0.15, -0.1) is 11.3 Å². The summed E-state index contributed by atoms with van der Waals surface area (Å²) in [5.74, 6) is 0.344. The van der Waals surface area contributed by atoms with Crippen molar-refractivity contribution in [3.63, 3.8) is 0 Å². The van der Waals surface area contributed by atoms with E-state index >= 15 is 0 Å². The number of benzene rings is 1. The molecule has 2 atom stereocenters. The van der Waals surface area contributed by atoms with Gasteiger partial charge < -0.3 is 11.1 Å². The normalized spacial score (nSPS) is 13.5. The molecular weight excluding hydrogens is 318 g/mol. The highest BCUT2D eigenvalue weighted by molar-refractivity contribution is 7.09. The van der Waals surface area contributed by atoms with Gasteiger partial charge in [-0.1, -0.05) is 45.7 Å². The lowest BCUT2D eigenvalue weighted by Crippen LogP contribution is -2.14. The monoisotopic (exact) mass is 345 g/mol. The van der Waals surface area contributed by atoms with Gasteiger partial charge in [-0.3, -0.25) is 4.79 Å². The molecule has 0 saturated heterocycles. The summed E-state index contributed by atoms with van der Waals surface area (Å²) in [7, 11) is 0. The predicted molar refractivity (Wildman–Crippen MR) is 102 cm³/mol. The first-order chi connectivity index (χ1) is 11.5.